The van der Waals surface area contributed by atoms with Gasteiger partial charge >= 0.3 is 5.97 Å². The second-order valence-electron chi connectivity index (χ2n) is 6.19. The topological polar surface area (TPSA) is 82.1 Å². The number of rotatable bonds is 7. The summed E-state index contributed by atoms with van der Waals surface area (Å²) in [6.45, 7) is 0.921. The molecule has 30 heavy (non-hydrogen) atoms. The molecule has 1 aliphatic heterocycles. The summed E-state index contributed by atoms with van der Waals surface area (Å²) in [6.07, 6.45) is 0. The SMILES string of the molecule is O=C(OCCOc1ccccc1Cl)c1cc(S(=O)(=O)N2CCOCC2)c(Cl)cc1Cl. The second kappa shape index (κ2) is 10.2. The van der Waals surface area contributed by atoms with Gasteiger partial charge in [-0.2, -0.15) is 4.31 Å². The molecule has 2 aromatic carbocycles. The van der Waals surface area contributed by atoms with Crippen LogP contribution >= 0.6 is 34.8 Å². The van der Waals surface area contributed by atoms with E-state index in [9.17, 15) is 13.2 Å². The highest BCUT2D eigenvalue weighted by Crippen LogP contribution is 2.31. The van der Waals surface area contributed by atoms with Crippen LogP contribution in [0.15, 0.2) is 41.3 Å². The van der Waals surface area contributed by atoms with Gasteiger partial charge in [0, 0.05) is 13.1 Å². The molecular formula is C19H18Cl3NO6S. The van der Waals surface area contributed by atoms with Gasteiger partial charge in [0.15, 0.2) is 0 Å². The maximum Gasteiger partial charge on any atom is 0.339 e. The summed E-state index contributed by atoms with van der Waals surface area (Å²) < 4.78 is 42.8. The smallest absolute Gasteiger partial charge is 0.339 e. The minimum atomic E-state index is -3.92. The summed E-state index contributed by atoms with van der Waals surface area (Å²) in [5.41, 5.74) is -0.106. The minimum Gasteiger partial charge on any atom is -0.488 e. The first-order valence-electron chi connectivity index (χ1n) is 8.92. The monoisotopic (exact) mass is 493 g/mol. The molecule has 1 fully saturated rings. The average molecular weight is 495 g/mol. The molecular weight excluding hydrogens is 477 g/mol. The fraction of sp³-hybridized carbons (Fsp3) is 0.316. The third-order valence-electron chi connectivity index (χ3n) is 4.24. The van der Waals surface area contributed by atoms with E-state index in [2.05, 4.69) is 0 Å². The van der Waals surface area contributed by atoms with Gasteiger partial charge in [-0.05, 0) is 24.3 Å². The Labute approximate surface area is 189 Å². The number of esters is 1. The summed E-state index contributed by atoms with van der Waals surface area (Å²) >= 11 is 18.2. The third-order valence-corrected chi connectivity index (χ3v) is 7.23. The molecule has 1 heterocycles. The number of hydrogen-bond donors (Lipinski definition) is 0. The van der Waals surface area contributed by atoms with Crippen LogP contribution in [0, 0.1) is 0 Å². The van der Waals surface area contributed by atoms with Crippen LogP contribution in [0.5, 0.6) is 5.75 Å². The molecule has 0 amide bonds. The standard InChI is InChI=1S/C19H18Cl3NO6S/c20-14-3-1-2-4-17(14)28-9-10-29-19(24)13-11-18(16(22)12-15(13)21)30(25,26)23-5-7-27-8-6-23/h1-4,11-12H,5-10H2. The van der Waals surface area contributed by atoms with Crippen molar-refractivity contribution >= 4 is 50.8 Å². The first kappa shape index (κ1) is 23.1. The summed E-state index contributed by atoms with van der Waals surface area (Å²) in [4.78, 5) is 12.2. The number of benzene rings is 2. The van der Waals surface area contributed by atoms with Gasteiger partial charge in [0.05, 0.1) is 33.8 Å². The van der Waals surface area contributed by atoms with Gasteiger partial charge in [-0.3, -0.25) is 0 Å². The van der Waals surface area contributed by atoms with Crippen molar-refractivity contribution in [2.45, 2.75) is 4.90 Å². The van der Waals surface area contributed by atoms with E-state index in [4.69, 9.17) is 49.0 Å². The quantitative estimate of drug-likeness (QED) is 0.429. The van der Waals surface area contributed by atoms with E-state index < -0.39 is 16.0 Å². The Morgan fingerprint density at radius 2 is 1.70 bits per heavy atom. The minimum absolute atomic E-state index is 0.0158. The number of nitrogens with zero attached hydrogens (tertiary/aromatic N) is 1. The predicted octanol–water partition coefficient (Wildman–Crippen LogP) is 3.90. The number of morpholine rings is 1. The molecule has 0 bridgehead atoms. The van der Waals surface area contributed by atoms with Gasteiger partial charge in [-0.1, -0.05) is 46.9 Å². The Morgan fingerprint density at radius 3 is 2.40 bits per heavy atom. The molecule has 11 heteroatoms. The highest BCUT2D eigenvalue weighted by molar-refractivity contribution is 7.89. The number of carbonyl (C=O) groups excluding carboxylic acids is 1. The van der Waals surface area contributed by atoms with Crippen molar-refractivity contribution < 1.29 is 27.4 Å². The van der Waals surface area contributed by atoms with Crippen LogP contribution in [0.4, 0.5) is 0 Å². The zero-order valence-corrected chi connectivity index (χ0v) is 18.7. The molecule has 0 aromatic heterocycles. The summed E-state index contributed by atoms with van der Waals surface area (Å²) in [5, 5.41) is 0.338. The molecule has 0 spiro atoms. The number of halogens is 3. The molecule has 7 nitrogen and oxygen atoms in total. The Morgan fingerprint density at radius 1 is 1.00 bits per heavy atom. The number of carbonyl (C=O) groups is 1. The van der Waals surface area contributed by atoms with Crippen LogP contribution in [-0.4, -0.2) is 58.2 Å². The number of sulfonamides is 1. The van der Waals surface area contributed by atoms with Crippen LogP contribution in [-0.2, 0) is 19.5 Å². The molecule has 1 saturated heterocycles. The Hall–Kier alpha value is -1.55. The molecule has 1 aliphatic rings. The first-order valence-corrected chi connectivity index (χ1v) is 11.5. The molecule has 2 aromatic rings. The largest absolute Gasteiger partial charge is 0.488 e. The molecule has 162 valence electrons. The van der Waals surface area contributed by atoms with Crippen molar-refractivity contribution in [1.82, 2.24) is 4.31 Å². The predicted molar refractivity (Wildman–Crippen MR) is 113 cm³/mol. The van der Waals surface area contributed by atoms with Gasteiger partial charge in [0.2, 0.25) is 10.0 Å². The summed E-state index contributed by atoms with van der Waals surface area (Å²) in [5.74, 6) is -0.337. The van der Waals surface area contributed by atoms with E-state index in [1.165, 1.54) is 10.4 Å². The highest BCUT2D eigenvalue weighted by atomic mass is 35.5. The Bertz CT molecular complexity index is 1020. The number of ether oxygens (including phenoxy) is 3. The lowest BCUT2D eigenvalue weighted by molar-refractivity contribution is 0.0450. The van der Waals surface area contributed by atoms with E-state index in [1.54, 1.807) is 24.3 Å². The molecule has 0 aliphatic carbocycles. The van der Waals surface area contributed by atoms with Crippen molar-refractivity contribution in [1.29, 1.82) is 0 Å². The van der Waals surface area contributed by atoms with Crippen LogP contribution in [0.1, 0.15) is 10.4 Å². The van der Waals surface area contributed by atoms with E-state index in [-0.39, 0.29) is 60.0 Å². The third kappa shape index (κ3) is 5.38. The van der Waals surface area contributed by atoms with E-state index in [1.807, 2.05) is 0 Å². The lowest BCUT2D eigenvalue weighted by Gasteiger charge is -2.26. The molecule has 3 rings (SSSR count). The molecule has 0 unspecified atom stereocenters. The van der Waals surface area contributed by atoms with Gasteiger partial charge in [-0.25, -0.2) is 13.2 Å². The maximum absolute atomic E-state index is 12.9. The van der Waals surface area contributed by atoms with Crippen LogP contribution in [0.2, 0.25) is 15.1 Å². The highest BCUT2D eigenvalue weighted by Gasteiger charge is 2.30. The van der Waals surface area contributed by atoms with Gasteiger partial charge in [0.25, 0.3) is 0 Å². The maximum atomic E-state index is 12.9. The normalized spacial score (nSPS) is 15.0. The van der Waals surface area contributed by atoms with Crippen molar-refractivity contribution in [2.24, 2.45) is 0 Å². The van der Waals surface area contributed by atoms with Gasteiger partial charge in [-0.15, -0.1) is 0 Å². The van der Waals surface area contributed by atoms with Crippen LogP contribution in [0.25, 0.3) is 0 Å². The fourth-order valence-electron chi connectivity index (χ4n) is 2.73. The van der Waals surface area contributed by atoms with Crippen LogP contribution in [0.3, 0.4) is 0 Å². The lowest BCUT2D eigenvalue weighted by Crippen LogP contribution is -2.40. The molecule has 0 atom stereocenters. The van der Waals surface area contributed by atoms with Crippen molar-refractivity contribution in [3.8, 4) is 5.75 Å². The summed E-state index contributed by atoms with van der Waals surface area (Å²) in [6, 6.07) is 9.23. The van der Waals surface area contributed by atoms with Gasteiger partial charge < -0.3 is 14.2 Å². The van der Waals surface area contributed by atoms with E-state index >= 15 is 0 Å². The Kier molecular flexibility index (Phi) is 7.84. The second-order valence-corrected chi connectivity index (χ2v) is 9.32. The molecule has 0 saturated carbocycles. The van der Waals surface area contributed by atoms with Gasteiger partial charge in [0.1, 0.15) is 23.9 Å². The number of para-hydroxylation sites is 1. The fourth-order valence-corrected chi connectivity index (χ4v) is 5.16. The average Bonchev–Trinajstić information content (AvgIpc) is 2.72. The van der Waals surface area contributed by atoms with Crippen molar-refractivity contribution in [3.63, 3.8) is 0 Å². The summed E-state index contributed by atoms with van der Waals surface area (Å²) in [7, 11) is -3.92. The molecule has 0 radical (unpaired) electrons. The van der Waals surface area contributed by atoms with Crippen LogP contribution < -0.4 is 4.74 Å². The first-order chi connectivity index (χ1) is 14.3. The lowest BCUT2D eigenvalue weighted by atomic mass is 10.2. The zero-order valence-electron chi connectivity index (χ0n) is 15.6. The van der Waals surface area contributed by atoms with E-state index in [0.29, 0.717) is 10.8 Å². The zero-order chi connectivity index (χ0) is 21.7. The molecule has 0 N–H and O–H groups in total. The van der Waals surface area contributed by atoms with Crippen molar-refractivity contribution in [2.75, 3.05) is 39.5 Å². The van der Waals surface area contributed by atoms with Crippen molar-refractivity contribution in [3.05, 3.63) is 57.0 Å². The van der Waals surface area contributed by atoms with E-state index in [0.717, 1.165) is 6.07 Å². The Balaban J connectivity index is 1.70. The number of hydrogen-bond acceptors (Lipinski definition) is 6.